The summed E-state index contributed by atoms with van der Waals surface area (Å²) < 4.78 is 0. The third kappa shape index (κ3) is 8.27. The number of nitrogens with zero attached hydrogens (tertiary/aromatic N) is 3. The fraction of sp³-hybridized carbons (Fsp3) is 0.552. The Kier molecular flexibility index (Phi) is 8.65. The molecule has 0 unspecified atom stereocenters. The van der Waals surface area contributed by atoms with Crippen LogP contribution in [0.1, 0.15) is 78.9 Å². The van der Waals surface area contributed by atoms with Crippen LogP contribution in [-0.2, 0) is 16.6 Å². The van der Waals surface area contributed by atoms with E-state index in [0.29, 0.717) is 25.1 Å². The Morgan fingerprint density at radius 3 is 2.16 bits per heavy atom. The summed E-state index contributed by atoms with van der Waals surface area (Å²) in [6.45, 7) is 15.9. The van der Waals surface area contributed by atoms with Gasteiger partial charge in [0.05, 0.1) is 0 Å². The zero-order valence-electron chi connectivity index (χ0n) is 23.5. The number of benzene rings is 2. The Morgan fingerprint density at radius 2 is 1.59 bits per heavy atom. The number of phenols is 1. The maximum Gasteiger partial charge on any atom is 0.220 e. The maximum absolute atomic E-state index is 12.6. The van der Waals surface area contributed by atoms with Crippen molar-refractivity contribution in [3.8, 4) is 11.4 Å². The van der Waals surface area contributed by atoms with Gasteiger partial charge in [-0.25, -0.2) is 0 Å². The predicted molar refractivity (Wildman–Crippen MR) is 150 cm³/mol. The number of hydrogen-bond acceptors (Lipinski definition) is 6. The van der Waals surface area contributed by atoms with Gasteiger partial charge in [0, 0.05) is 29.6 Å². The molecular formula is C29H44N6O2. The highest BCUT2D eigenvalue weighted by molar-refractivity contribution is 5.76. The number of amides is 1. The largest absolute Gasteiger partial charge is 0.505 e. The molecule has 1 aromatic heterocycles. The molecule has 2 aromatic carbocycles. The number of aryl methyl sites for hydroxylation is 1. The van der Waals surface area contributed by atoms with Gasteiger partial charge in [0.1, 0.15) is 22.5 Å². The van der Waals surface area contributed by atoms with Crippen molar-refractivity contribution in [3.05, 3.63) is 47.5 Å². The van der Waals surface area contributed by atoms with Gasteiger partial charge in [-0.15, -0.1) is 15.0 Å². The molecule has 0 aliphatic carbocycles. The molecule has 8 heteroatoms. The van der Waals surface area contributed by atoms with Crippen molar-refractivity contribution in [2.24, 2.45) is 5.73 Å². The minimum Gasteiger partial charge on any atom is -0.505 e. The Hall–Kier alpha value is -2.97. The summed E-state index contributed by atoms with van der Waals surface area (Å²) >= 11 is 0. The first kappa shape index (κ1) is 28.6. The van der Waals surface area contributed by atoms with Gasteiger partial charge >= 0.3 is 0 Å². The Balaban J connectivity index is 1.65. The standard InChI is InChI=1S/C29H44N6O2/c1-27(2,3)21-18-20(19-24(26(21)37)35-33-22-10-8-9-11-23(22)34-35)12-13-25(36)31-16-15-29(6,7)32-17-14-28(4,5)30/h8-11,18-19,32,37H,12-17,30H2,1-7H3,(H,31,36). The van der Waals surface area contributed by atoms with Gasteiger partial charge in [-0.1, -0.05) is 39.0 Å². The summed E-state index contributed by atoms with van der Waals surface area (Å²) in [5.74, 6) is 0.169. The highest BCUT2D eigenvalue weighted by Gasteiger charge is 2.24. The van der Waals surface area contributed by atoms with E-state index in [1.807, 2.05) is 50.2 Å². The number of aromatic nitrogens is 3. The number of carbonyl (C=O) groups excluding carboxylic acids is 1. The first-order chi connectivity index (χ1) is 17.1. The number of rotatable bonds is 11. The van der Waals surface area contributed by atoms with Gasteiger partial charge < -0.3 is 21.5 Å². The molecule has 0 bridgehead atoms. The fourth-order valence-corrected chi connectivity index (χ4v) is 4.19. The smallest absolute Gasteiger partial charge is 0.220 e. The lowest BCUT2D eigenvalue weighted by Crippen LogP contribution is -2.45. The number of fused-ring (bicyclic) bond motifs is 1. The number of nitrogens with two attached hydrogens (primary N) is 1. The highest BCUT2D eigenvalue weighted by Crippen LogP contribution is 2.36. The van der Waals surface area contributed by atoms with Crippen molar-refractivity contribution in [1.29, 1.82) is 0 Å². The van der Waals surface area contributed by atoms with Crippen LogP contribution in [0, 0.1) is 0 Å². The highest BCUT2D eigenvalue weighted by atomic mass is 16.3. The van der Waals surface area contributed by atoms with E-state index in [1.54, 1.807) is 0 Å². The van der Waals surface area contributed by atoms with Crippen LogP contribution in [0.4, 0.5) is 0 Å². The molecule has 1 heterocycles. The minimum atomic E-state index is -0.290. The average molecular weight is 509 g/mol. The van der Waals surface area contributed by atoms with E-state index < -0.39 is 0 Å². The summed E-state index contributed by atoms with van der Waals surface area (Å²) in [5.41, 5.74) is 9.29. The van der Waals surface area contributed by atoms with Gasteiger partial charge in [0.15, 0.2) is 0 Å². The van der Waals surface area contributed by atoms with Crippen LogP contribution in [0.15, 0.2) is 36.4 Å². The second kappa shape index (κ2) is 11.2. The minimum absolute atomic E-state index is 0.00813. The third-order valence-corrected chi connectivity index (χ3v) is 6.55. The molecule has 0 radical (unpaired) electrons. The molecule has 0 saturated carbocycles. The van der Waals surface area contributed by atoms with Crippen molar-refractivity contribution in [3.63, 3.8) is 0 Å². The van der Waals surface area contributed by atoms with E-state index in [-0.39, 0.29) is 28.1 Å². The molecule has 3 rings (SSSR count). The molecule has 0 aliphatic heterocycles. The van der Waals surface area contributed by atoms with E-state index in [2.05, 4.69) is 55.4 Å². The first-order valence-corrected chi connectivity index (χ1v) is 13.1. The van der Waals surface area contributed by atoms with Crippen LogP contribution >= 0.6 is 0 Å². The van der Waals surface area contributed by atoms with E-state index in [0.717, 1.165) is 41.5 Å². The zero-order valence-corrected chi connectivity index (χ0v) is 23.5. The van der Waals surface area contributed by atoms with Crippen LogP contribution in [0.3, 0.4) is 0 Å². The molecule has 0 saturated heterocycles. The van der Waals surface area contributed by atoms with E-state index in [4.69, 9.17) is 5.73 Å². The van der Waals surface area contributed by atoms with Crippen molar-refractivity contribution < 1.29 is 9.90 Å². The number of carbonyl (C=O) groups is 1. The molecule has 5 N–H and O–H groups in total. The van der Waals surface area contributed by atoms with Gasteiger partial charge in [-0.05, 0) is 82.7 Å². The number of hydrogen-bond donors (Lipinski definition) is 4. The molecule has 1 amide bonds. The maximum atomic E-state index is 12.6. The van der Waals surface area contributed by atoms with Crippen LogP contribution in [0.2, 0.25) is 0 Å². The normalized spacial score (nSPS) is 12.8. The molecule has 0 atom stereocenters. The SMILES string of the molecule is CC(C)(N)CCNC(C)(C)CCNC(=O)CCc1cc(-n2nc3ccccc3n2)c(O)c(C(C)(C)C)c1. The molecule has 37 heavy (non-hydrogen) atoms. The number of phenolic OH excluding ortho intramolecular Hbond substituents is 1. The number of aromatic hydroxyl groups is 1. The van der Waals surface area contributed by atoms with Gasteiger partial charge in [0.25, 0.3) is 0 Å². The summed E-state index contributed by atoms with van der Waals surface area (Å²) in [6.07, 6.45) is 2.62. The zero-order chi connectivity index (χ0) is 27.4. The third-order valence-electron chi connectivity index (χ3n) is 6.55. The van der Waals surface area contributed by atoms with Crippen LogP contribution < -0.4 is 16.4 Å². The van der Waals surface area contributed by atoms with Gasteiger partial charge in [0.2, 0.25) is 5.91 Å². The molecule has 0 aliphatic rings. The quantitative estimate of drug-likeness (QED) is 0.306. The predicted octanol–water partition coefficient (Wildman–Crippen LogP) is 4.36. The van der Waals surface area contributed by atoms with Crippen molar-refractivity contribution in [1.82, 2.24) is 25.6 Å². The van der Waals surface area contributed by atoms with Crippen molar-refractivity contribution in [2.75, 3.05) is 13.1 Å². The Morgan fingerprint density at radius 1 is 0.973 bits per heavy atom. The lowest BCUT2D eigenvalue weighted by molar-refractivity contribution is -0.121. The topological polar surface area (TPSA) is 118 Å². The second-order valence-corrected chi connectivity index (χ2v) is 12.4. The fourth-order valence-electron chi connectivity index (χ4n) is 4.19. The Labute approximate surface area is 221 Å². The molecular weight excluding hydrogens is 464 g/mol. The second-order valence-electron chi connectivity index (χ2n) is 12.4. The van der Waals surface area contributed by atoms with Crippen molar-refractivity contribution in [2.45, 2.75) is 90.6 Å². The van der Waals surface area contributed by atoms with E-state index in [9.17, 15) is 9.90 Å². The van der Waals surface area contributed by atoms with Gasteiger partial charge in [-0.2, -0.15) is 0 Å². The molecule has 8 nitrogen and oxygen atoms in total. The van der Waals surface area contributed by atoms with Crippen molar-refractivity contribution >= 4 is 16.9 Å². The lowest BCUT2D eigenvalue weighted by Gasteiger charge is -2.28. The van der Waals surface area contributed by atoms with Gasteiger partial charge in [-0.3, -0.25) is 4.79 Å². The Bertz CT molecular complexity index is 1180. The summed E-state index contributed by atoms with van der Waals surface area (Å²) in [6, 6.07) is 11.5. The first-order valence-electron chi connectivity index (χ1n) is 13.1. The number of nitrogens with one attached hydrogen (secondary N) is 2. The van der Waals surface area contributed by atoms with Crippen LogP contribution in [-0.4, -0.2) is 50.2 Å². The monoisotopic (exact) mass is 508 g/mol. The summed E-state index contributed by atoms with van der Waals surface area (Å²) in [7, 11) is 0. The molecule has 0 fully saturated rings. The van der Waals surface area contributed by atoms with Crippen LogP contribution in [0.5, 0.6) is 5.75 Å². The summed E-state index contributed by atoms with van der Waals surface area (Å²) in [4.78, 5) is 14.1. The lowest BCUT2D eigenvalue weighted by atomic mass is 9.84. The average Bonchev–Trinajstić information content (AvgIpc) is 3.20. The summed E-state index contributed by atoms with van der Waals surface area (Å²) in [5, 5.41) is 26.8. The molecule has 202 valence electrons. The molecule has 3 aromatic rings. The van der Waals surface area contributed by atoms with E-state index >= 15 is 0 Å². The molecule has 0 spiro atoms. The van der Waals surface area contributed by atoms with E-state index in [1.165, 1.54) is 4.80 Å². The van der Waals surface area contributed by atoms with Crippen LogP contribution in [0.25, 0.3) is 16.7 Å².